The second kappa shape index (κ2) is 5.10. The van der Waals surface area contributed by atoms with Gasteiger partial charge in [0.05, 0.1) is 11.1 Å². The van der Waals surface area contributed by atoms with E-state index in [9.17, 15) is 5.26 Å². The van der Waals surface area contributed by atoms with Crippen LogP contribution in [0.5, 0.6) is 0 Å². The number of benzene rings is 1. The van der Waals surface area contributed by atoms with Gasteiger partial charge in [0, 0.05) is 31.6 Å². The van der Waals surface area contributed by atoms with E-state index < -0.39 is 0 Å². The summed E-state index contributed by atoms with van der Waals surface area (Å²) in [7, 11) is 0. The fourth-order valence-electron chi connectivity index (χ4n) is 2.67. The van der Waals surface area contributed by atoms with Crippen LogP contribution in [0, 0.1) is 25.2 Å². The van der Waals surface area contributed by atoms with Crippen molar-refractivity contribution in [3.8, 4) is 6.07 Å². The molecular formula is C16H18N4. The van der Waals surface area contributed by atoms with Gasteiger partial charge >= 0.3 is 0 Å². The molecular weight excluding hydrogens is 248 g/mol. The molecule has 0 radical (unpaired) electrons. The molecule has 20 heavy (non-hydrogen) atoms. The van der Waals surface area contributed by atoms with Crippen molar-refractivity contribution < 1.29 is 0 Å². The van der Waals surface area contributed by atoms with Crippen molar-refractivity contribution in [2.24, 2.45) is 0 Å². The third kappa shape index (κ3) is 2.10. The van der Waals surface area contributed by atoms with Crippen LogP contribution in [0.2, 0.25) is 0 Å². The highest BCUT2D eigenvalue weighted by atomic mass is 15.2. The molecule has 1 N–H and O–H groups in total. The summed E-state index contributed by atoms with van der Waals surface area (Å²) in [6.07, 6.45) is 0. The Morgan fingerprint density at radius 3 is 2.70 bits per heavy atom. The summed E-state index contributed by atoms with van der Waals surface area (Å²) in [5, 5.41) is 13.8. The predicted molar refractivity (Wildman–Crippen MR) is 81.0 cm³/mol. The number of nitrogens with zero attached hydrogens (tertiary/aromatic N) is 3. The quantitative estimate of drug-likeness (QED) is 0.859. The Kier molecular flexibility index (Phi) is 3.29. The van der Waals surface area contributed by atoms with E-state index in [-0.39, 0.29) is 0 Å². The summed E-state index contributed by atoms with van der Waals surface area (Å²) in [4.78, 5) is 7.01. The molecule has 4 heteroatoms. The van der Waals surface area contributed by atoms with E-state index in [0.29, 0.717) is 5.56 Å². The maximum Gasteiger partial charge on any atom is 0.147 e. The van der Waals surface area contributed by atoms with Gasteiger partial charge in [0.2, 0.25) is 0 Å². The lowest BCUT2D eigenvalue weighted by Gasteiger charge is -2.29. The Morgan fingerprint density at radius 1 is 1.25 bits per heavy atom. The molecule has 0 amide bonds. The molecule has 4 nitrogen and oxygen atoms in total. The van der Waals surface area contributed by atoms with E-state index in [4.69, 9.17) is 4.98 Å². The third-order valence-electron chi connectivity index (χ3n) is 4.03. The van der Waals surface area contributed by atoms with E-state index in [1.54, 1.807) is 0 Å². The minimum Gasteiger partial charge on any atom is -0.353 e. The van der Waals surface area contributed by atoms with Gasteiger partial charge < -0.3 is 10.2 Å². The lowest BCUT2D eigenvalue weighted by Crippen LogP contribution is -2.44. The number of pyridine rings is 1. The first-order chi connectivity index (χ1) is 9.70. The van der Waals surface area contributed by atoms with Crippen molar-refractivity contribution in [1.82, 2.24) is 10.3 Å². The molecule has 1 aromatic heterocycles. The molecule has 0 saturated carbocycles. The Balaban J connectivity index is 2.19. The zero-order valence-electron chi connectivity index (χ0n) is 11.9. The van der Waals surface area contributed by atoms with E-state index in [1.165, 1.54) is 11.1 Å². The van der Waals surface area contributed by atoms with Gasteiger partial charge in [-0.3, -0.25) is 0 Å². The van der Waals surface area contributed by atoms with Crippen LogP contribution in [0.4, 0.5) is 5.82 Å². The summed E-state index contributed by atoms with van der Waals surface area (Å²) in [5.41, 5.74) is 4.12. The standard InChI is InChI=1S/C16H18N4/c1-11-3-4-13-9-14(10-17)16(19-15(13)12(11)2)20-7-5-18-6-8-20/h3-4,9,18H,5-8H2,1-2H3. The van der Waals surface area contributed by atoms with Gasteiger partial charge in [0.1, 0.15) is 11.9 Å². The highest BCUT2D eigenvalue weighted by Gasteiger charge is 2.17. The molecule has 1 saturated heterocycles. The van der Waals surface area contributed by atoms with E-state index in [2.05, 4.69) is 36.2 Å². The Morgan fingerprint density at radius 2 is 2.00 bits per heavy atom. The van der Waals surface area contributed by atoms with Gasteiger partial charge in [-0.15, -0.1) is 0 Å². The fraction of sp³-hybridized carbons (Fsp3) is 0.375. The minimum absolute atomic E-state index is 0.669. The van der Waals surface area contributed by atoms with Crippen molar-refractivity contribution in [2.75, 3.05) is 31.1 Å². The number of aromatic nitrogens is 1. The summed E-state index contributed by atoms with van der Waals surface area (Å²) in [5.74, 6) is 0.829. The number of hydrogen-bond acceptors (Lipinski definition) is 4. The molecule has 2 aromatic rings. The van der Waals surface area contributed by atoms with Crippen LogP contribution in [0.3, 0.4) is 0 Å². The third-order valence-corrected chi connectivity index (χ3v) is 4.03. The average molecular weight is 266 g/mol. The molecule has 1 aliphatic heterocycles. The monoisotopic (exact) mass is 266 g/mol. The van der Waals surface area contributed by atoms with Crippen molar-refractivity contribution >= 4 is 16.7 Å². The maximum atomic E-state index is 9.40. The number of nitrogens with one attached hydrogen (secondary N) is 1. The van der Waals surface area contributed by atoms with Gasteiger partial charge in [-0.05, 0) is 31.0 Å². The van der Waals surface area contributed by atoms with Crippen LogP contribution >= 0.6 is 0 Å². The van der Waals surface area contributed by atoms with Gasteiger partial charge in [-0.2, -0.15) is 5.26 Å². The van der Waals surface area contributed by atoms with Crippen LogP contribution in [-0.4, -0.2) is 31.2 Å². The average Bonchev–Trinajstić information content (AvgIpc) is 2.51. The molecule has 0 aliphatic carbocycles. The number of aryl methyl sites for hydroxylation is 2. The zero-order valence-corrected chi connectivity index (χ0v) is 11.9. The number of hydrogen-bond donors (Lipinski definition) is 1. The summed E-state index contributed by atoms with van der Waals surface area (Å²) in [6, 6.07) is 8.40. The van der Waals surface area contributed by atoms with Crippen LogP contribution in [0.25, 0.3) is 10.9 Å². The van der Waals surface area contributed by atoms with E-state index in [0.717, 1.165) is 42.9 Å². The van der Waals surface area contributed by atoms with Gasteiger partial charge in [-0.25, -0.2) is 4.98 Å². The van der Waals surface area contributed by atoms with Crippen LogP contribution in [0.1, 0.15) is 16.7 Å². The number of rotatable bonds is 1. The largest absolute Gasteiger partial charge is 0.353 e. The Labute approximate surface area is 119 Å². The van der Waals surface area contributed by atoms with Crippen LogP contribution in [0.15, 0.2) is 18.2 Å². The lowest BCUT2D eigenvalue weighted by molar-refractivity contribution is 0.585. The first kappa shape index (κ1) is 12.9. The Bertz CT molecular complexity index is 694. The number of anilines is 1. The lowest BCUT2D eigenvalue weighted by atomic mass is 10.0. The fourth-order valence-corrected chi connectivity index (χ4v) is 2.67. The van der Waals surface area contributed by atoms with Crippen molar-refractivity contribution in [2.45, 2.75) is 13.8 Å². The molecule has 102 valence electrons. The normalized spacial score (nSPS) is 15.3. The molecule has 0 unspecified atom stereocenters. The summed E-state index contributed by atoms with van der Waals surface area (Å²) < 4.78 is 0. The van der Waals surface area contributed by atoms with Crippen LogP contribution < -0.4 is 10.2 Å². The minimum atomic E-state index is 0.669. The van der Waals surface area contributed by atoms with Crippen LogP contribution in [-0.2, 0) is 0 Å². The molecule has 0 spiro atoms. The molecule has 1 aromatic carbocycles. The summed E-state index contributed by atoms with van der Waals surface area (Å²) in [6.45, 7) is 7.88. The highest BCUT2D eigenvalue weighted by molar-refractivity contribution is 5.86. The van der Waals surface area contributed by atoms with Crippen molar-refractivity contribution in [1.29, 1.82) is 5.26 Å². The molecule has 1 aliphatic rings. The molecule has 0 atom stereocenters. The molecule has 2 heterocycles. The second-order valence-electron chi connectivity index (χ2n) is 5.29. The number of nitriles is 1. The summed E-state index contributed by atoms with van der Waals surface area (Å²) >= 11 is 0. The topological polar surface area (TPSA) is 52.0 Å². The van der Waals surface area contributed by atoms with Crippen molar-refractivity contribution in [3.63, 3.8) is 0 Å². The van der Waals surface area contributed by atoms with Gasteiger partial charge in [-0.1, -0.05) is 12.1 Å². The molecule has 3 rings (SSSR count). The maximum absolute atomic E-state index is 9.40. The first-order valence-electron chi connectivity index (χ1n) is 6.97. The smallest absolute Gasteiger partial charge is 0.147 e. The van der Waals surface area contributed by atoms with E-state index in [1.807, 2.05) is 12.1 Å². The SMILES string of the molecule is Cc1ccc2cc(C#N)c(N3CCNCC3)nc2c1C. The molecule has 1 fully saturated rings. The number of piperazine rings is 1. The zero-order chi connectivity index (χ0) is 14.1. The highest BCUT2D eigenvalue weighted by Crippen LogP contribution is 2.26. The molecule has 0 bridgehead atoms. The first-order valence-corrected chi connectivity index (χ1v) is 6.97. The second-order valence-corrected chi connectivity index (χ2v) is 5.29. The van der Waals surface area contributed by atoms with Crippen molar-refractivity contribution in [3.05, 3.63) is 34.9 Å². The van der Waals surface area contributed by atoms with Gasteiger partial charge in [0.15, 0.2) is 0 Å². The van der Waals surface area contributed by atoms with E-state index >= 15 is 0 Å². The Hall–Kier alpha value is -2.12. The van der Waals surface area contributed by atoms with Gasteiger partial charge in [0.25, 0.3) is 0 Å². The number of fused-ring (bicyclic) bond motifs is 1. The predicted octanol–water partition coefficient (Wildman–Crippen LogP) is 2.13.